The summed E-state index contributed by atoms with van der Waals surface area (Å²) in [6.07, 6.45) is -8.02. The van der Waals surface area contributed by atoms with Crippen LogP contribution in [0, 0.1) is 23.7 Å². The molecule has 0 aromatic heterocycles. The van der Waals surface area contributed by atoms with Crippen molar-refractivity contribution < 1.29 is 57.0 Å². The van der Waals surface area contributed by atoms with Gasteiger partial charge in [-0.1, -0.05) is 218 Å². The van der Waals surface area contributed by atoms with Crippen LogP contribution in [0.1, 0.15) is 58.4 Å². The summed E-state index contributed by atoms with van der Waals surface area (Å²) in [5.41, 5.74) is 6.87. The van der Waals surface area contributed by atoms with E-state index in [0.29, 0.717) is 11.1 Å². The summed E-state index contributed by atoms with van der Waals surface area (Å²) in [5.74, 6) is 12.7. The molecule has 12 heteroatoms. The van der Waals surface area contributed by atoms with E-state index in [4.69, 9.17) is 47.4 Å². The molecule has 80 heavy (non-hydrogen) atoms. The first kappa shape index (κ1) is 57.0. The quantitative estimate of drug-likeness (QED) is 0.0474. The van der Waals surface area contributed by atoms with Crippen LogP contribution in [-0.2, 0) is 96.6 Å². The predicted molar refractivity (Wildman–Crippen MR) is 301 cm³/mol. The molecule has 2 saturated heterocycles. The molecule has 0 aliphatic carbocycles. The van der Waals surface area contributed by atoms with E-state index in [-0.39, 0.29) is 52.9 Å². The van der Waals surface area contributed by atoms with Crippen LogP contribution in [0.5, 0.6) is 0 Å². The summed E-state index contributed by atoms with van der Waals surface area (Å²) in [7, 11) is 0. The van der Waals surface area contributed by atoms with E-state index >= 15 is 0 Å². The largest absolute Gasteiger partial charge is 0.463 e. The average molecular weight is 1080 g/mol. The lowest BCUT2D eigenvalue weighted by Crippen LogP contribution is -2.61. The van der Waals surface area contributed by atoms with Gasteiger partial charge in [0, 0.05) is 25.0 Å². The minimum absolute atomic E-state index is 0.118. The van der Waals surface area contributed by atoms with Crippen molar-refractivity contribution in [1.82, 2.24) is 0 Å². The third-order valence-corrected chi connectivity index (χ3v) is 13.5. The highest BCUT2D eigenvalue weighted by atomic mass is 16.6. The summed E-state index contributed by atoms with van der Waals surface area (Å²) in [6, 6.07) is 66.7. The molecule has 12 nitrogen and oxygen atoms in total. The van der Waals surface area contributed by atoms with E-state index in [1.807, 2.05) is 206 Å². The molecule has 0 radical (unpaired) electrons. The van der Waals surface area contributed by atoms with Crippen LogP contribution in [-0.4, -0.2) is 86.2 Å². The van der Waals surface area contributed by atoms with Gasteiger partial charge in [-0.3, -0.25) is 9.59 Å². The Kier molecular flexibility index (Phi) is 21.4. The van der Waals surface area contributed by atoms with Gasteiger partial charge < -0.3 is 47.4 Å². The van der Waals surface area contributed by atoms with Crippen LogP contribution in [0.2, 0.25) is 0 Å². The molecule has 0 bridgehead atoms. The van der Waals surface area contributed by atoms with E-state index in [2.05, 4.69) is 23.7 Å². The molecule has 0 amide bonds. The zero-order chi connectivity index (χ0) is 55.1. The first-order valence-electron chi connectivity index (χ1n) is 27.0. The number of esters is 2. The molecule has 2 heterocycles. The molecule has 0 N–H and O–H groups in total. The van der Waals surface area contributed by atoms with Crippen molar-refractivity contribution in [3.8, 4) is 23.7 Å². The minimum Gasteiger partial charge on any atom is -0.463 e. The Morgan fingerprint density at radius 1 is 0.338 bits per heavy atom. The van der Waals surface area contributed by atoms with Crippen molar-refractivity contribution >= 4 is 11.9 Å². The van der Waals surface area contributed by atoms with E-state index in [1.165, 1.54) is 13.8 Å². The minimum atomic E-state index is -0.910. The maximum atomic E-state index is 12.4. The number of hydrogen-bond donors (Lipinski definition) is 0. The van der Waals surface area contributed by atoms with Gasteiger partial charge in [-0.05, 0) is 45.5 Å². The molecule has 410 valence electrons. The summed E-state index contributed by atoms with van der Waals surface area (Å²) in [6.45, 7) is 3.88. The fraction of sp³-hybridized carbons (Fsp3) is 0.294. The van der Waals surface area contributed by atoms with Crippen molar-refractivity contribution in [2.24, 2.45) is 0 Å². The van der Waals surface area contributed by atoms with Crippen LogP contribution in [0.15, 0.2) is 206 Å². The standard InChI is InChI=1S/C68H66O12/c1-49(69)71-47-61-65(75-43-53-27-13-5-14-28-53)67(77-45-55-31-17-7-18-32-55)63(73-41-51-23-9-3-10-24-51)59(79-61)39-37-57-35-21-22-36-58(57)38-40-60-64(74-42-52-25-11-4-12-26-52)68(78-46-56-33-19-8-20-34-56)66(62(80-60)48-72-50(2)70)76-44-54-29-15-6-16-30-54/h3-36,59-68H,41-48H2,1-2H3/t59-,60-,61+,62+,63-,64-,65+,66+,67+,68+/m0/s1. The SMILES string of the molecule is CC(=O)OC[C@H]1O[C@@H](C#Cc2ccccc2C#C[C@@H]2O[C@H](COC(C)=O)[C@@H](OCc3ccccc3)[C@H](OCc3ccccc3)[C@H]2OCc2ccccc2)[C@H](OCc2ccccc2)[C@@H](OCc2ccccc2)[C@@H]1OCc1ccccc1. The monoisotopic (exact) mass is 1070 g/mol. The number of hydrogen-bond acceptors (Lipinski definition) is 12. The first-order chi connectivity index (χ1) is 39.3. The van der Waals surface area contributed by atoms with Gasteiger partial charge in [-0.15, -0.1) is 0 Å². The highest BCUT2D eigenvalue weighted by Gasteiger charge is 2.50. The zero-order valence-electron chi connectivity index (χ0n) is 45.0. The third kappa shape index (κ3) is 16.9. The molecule has 0 saturated carbocycles. The van der Waals surface area contributed by atoms with Crippen LogP contribution < -0.4 is 0 Å². The Hall–Kier alpha value is -7.72. The Morgan fingerprint density at radius 2 is 0.575 bits per heavy atom. The summed E-state index contributed by atoms with van der Waals surface area (Å²) in [4.78, 5) is 24.9. The van der Waals surface area contributed by atoms with E-state index in [1.54, 1.807) is 0 Å². The second kappa shape index (κ2) is 30.0. The molecule has 7 aromatic rings. The molecule has 2 aliphatic rings. The Labute approximate surface area is 469 Å². The second-order valence-electron chi connectivity index (χ2n) is 19.4. The molecule has 0 spiro atoms. The third-order valence-electron chi connectivity index (χ3n) is 13.5. The molecule has 0 unspecified atom stereocenters. The zero-order valence-corrected chi connectivity index (χ0v) is 45.0. The van der Waals surface area contributed by atoms with Crippen LogP contribution in [0.25, 0.3) is 0 Å². The maximum absolute atomic E-state index is 12.4. The van der Waals surface area contributed by atoms with Crippen molar-refractivity contribution in [2.75, 3.05) is 13.2 Å². The predicted octanol–water partition coefficient (Wildman–Crippen LogP) is 10.6. The first-order valence-corrected chi connectivity index (χ1v) is 27.0. The Balaban J connectivity index is 1.08. The summed E-state index contributed by atoms with van der Waals surface area (Å²) < 4.78 is 66.0. The highest BCUT2D eigenvalue weighted by molar-refractivity contribution is 5.66. The fourth-order valence-corrected chi connectivity index (χ4v) is 9.47. The molecule has 2 aliphatic heterocycles. The molecule has 10 atom stereocenters. The lowest BCUT2D eigenvalue weighted by Gasteiger charge is -2.44. The van der Waals surface area contributed by atoms with Crippen molar-refractivity contribution in [3.05, 3.63) is 251 Å². The molecular weight excluding hydrogens is 1010 g/mol. The van der Waals surface area contributed by atoms with E-state index in [0.717, 1.165) is 33.4 Å². The Morgan fingerprint density at radius 3 is 0.838 bits per heavy atom. The lowest BCUT2D eigenvalue weighted by molar-refractivity contribution is -0.259. The molecule has 7 aromatic carbocycles. The number of ether oxygens (including phenoxy) is 10. The van der Waals surface area contributed by atoms with Gasteiger partial charge >= 0.3 is 11.9 Å². The van der Waals surface area contributed by atoms with Gasteiger partial charge in [0.1, 0.15) is 74.3 Å². The number of benzene rings is 7. The second-order valence-corrected chi connectivity index (χ2v) is 19.4. The van der Waals surface area contributed by atoms with Crippen molar-refractivity contribution in [3.63, 3.8) is 0 Å². The number of carbonyl (C=O) groups is 2. The van der Waals surface area contributed by atoms with E-state index < -0.39 is 73.0 Å². The smallest absolute Gasteiger partial charge is 0.302 e. The van der Waals surface area contributed by atoms with Crippen LogP contribution in [0.4, 0.5) is 0 Å². The normalized spacial score (nSPS) is 22.4. The van der Waals surface area contributed by atoms with Gasteiger partial charge in [0.15, 0.2) is 0 Å². The van der Waals surface area contributed by atoms with Gasteiger partial charge in [0.2, 0.25) is 0 Å². The van der Waals surface area contributed by atoms with Gasteiger partial charge in [-0.2, -0.15) is 0 Å². The molecule has 9 rings (SSSR count). The van der Waals surface area contributed by atoms with Crippen LogP contribution >= 0.6 is 0 Å². The van der Waals surface area contributed by atoms with Crippen molar-refractivity contribution in [1.29, 1.82) is 0 Å². The maximum Gasteiger partial charge on any atom is 0.302 e. The molecule has 2 fully saturated rings. The van der Waals surface area contributed by atoms with Gasteiger partial charge in [0.25, 0.3) is 0 Å². The highest BCUT2D eigenvalue weighted by Crippen LogP contribution is 2.33. The number of rotatable bonds is 22. The van der Waals surface area contributed by atoms with Crippen molar-refractivity contribution in [2.45, 2.75) is 115 Å². The van der Waals surface area contributed by atoms with Gasteiger partial charge in [0.05, 0.1) is 39.6 Å². The Bertz CT molecular complexity index is 2890. The average Bonchev–Trinajstić information content (AvgIpc) is 3.56. The summed E-state index contributed by atoms with van der Waals surface area (Å²) in [5, 5.41) is 0. The topological polar surface area (TPSA) is 126 Å². The van der Waals surface area contributed by atoms with E-state index in [9.17, 15) is 9.59 Å². The van der Waals surface area contributed by atoms with Crippen LogP contribution in [0.3, 0.4) is 0 Å². The number of carbonyl (C=O) groups excluding carboxylic acids is 2. The summed E-state index contributed by atoms with van der Waals surface area (Å²) >= 11 is 0. The fourth-order valence-electron chi connectivity index (χ4n) is 9.47. The molecular formula is C68H66O12. The van der Waals surface area contributed by atoms with Gasteiger partial charge in [-0.25, -0.2) is 0 Å². The lowest BCUT2D eigenvalue weighted by atomic mass is 9.93.